The fraction of sp³-hybridized carbons (Fsp3) is 1.00. The van der Waals surface area contributed by atoms with Crippen molar-refractivity contribution in [3.8, 4) is 0 Å². The molecule has 1 rings (SSSR count). The second kappa shape index (κ2) is 3.57. The molecular formula is C6H11N3O2. The van der Waals surface area contributed by atoms with Gasteiger partial charge in [0.25, 0.3) is 0 Å². The Labute approximate surface area is 64.3 Å². The lowest BCUT2D eigenvalue weighted by molar-refractivity contribution is -0.0204. The van der Waals surface area contributed by atoms with E-state index in [2.05, 4.69) is 10.0 Å². The summed E-state index contributed by atoms with van der Waals surface area (Å²) in [5.41, 5.74) is 8.09. The summed E-state index contributed by atoms with van der Waals surface area (Å²) in [6.07, 6.45) is 0.474. The molecule has 11 heavy (non-hydrogen) atoms. The second-order valence-electron chi connectivity index (χ2n) is 2.76. The van der Waals surface area contributed by atoms with Crippen molar-refractivity contribution in [2.45, 2.75) is 37.5 Å². The average Bonchev–Trinajstić information content (AvgIpc) is 1.99. The minimum absolute atomic E-state index is 0.441. The van der Waals surface area contributed by atoms with E-state index in [4.69, 9.17) is 10.6 Å². The predicted octanol–water partition coefficient (Wildman–Crippen LogP) is 0.571. The summed E-state index contributed by atoms with van der Waals surface area (Å²) >= 11 is 0. The summed E-state index contributed by atoms with van der Waals surface area (Å²) in [4.78, 5) is 2.60. The number of rotatable bonds is 1. The SMILES string of the molecule is [N-]=[N+]=N[C@H]1CCC[C@@H](O)[C@H]1O. The lowest BCUT2D eigenvalue weighted by Crippen LogP contribution is -2.39. The van der Waals surface area contributed by atoms with Gasteiger partial charge >= 0.3 is 0 Å². The molecule has 5 heteroatoms. The van der Waals surface area contributed by atoms with Gasteiger partial charge in [-0.3, -0.25) is 0 Å². The molecule has 0 heterocycles. The summed E-state index contributed by atoms with van der Waals surface area (Å²) in [6.45, 7) is 0. The predicted molar refractivity (Wildman–Crippen MR) is 38.8 cm³/mol. The molecule has 62 valence electrons. The van der Waals surface area contributed by atoms with Crippen LogP contribution in [0.4, 0.5) is 0 Å². The quantitative estimate of drug-likeness (QED) is 0.331. The van der Waals surface area contributed by atoms with E-state index >= 15 is 0 Å². The molecule has 2 N–H and O–H groups in total. The largest absolute Gasteiger partial charge is 0.390 e. The third kappa shape index (κ3) is 1.83. The van der Waals surface area contributed by atoms with Gasteiger partial charge in [-0.25, -0.2) is 0 Å². The molecule has 0 amide bonds. The van der Waals surface area contributed by atoms with Crippen LogP contribution in [0.25, 0.3) is 10.4 Å². The van der Waals surface area contributed by atoms with Crippen LogP contribution in [-0.2, 0) is 0 Å². The summed E-state index contributed by atoms with van der Waals surface area (Å²) in [5, 5.41) is 21.8. The van der Waals surface area contributed by atoms with Gasteiger partial charge in [0.05, 0.1) is 18.2 Å². The van der Waals surface area contributed by atoms with E-state index in [1.54, 1.807) is 0 Å². The molecule has 1 aliphatic carbocycles. The molecule has 0 bridgehead atoms. The van der Waals surface area contributed by atoms with E-state index < -0.39 is 18.2 Å². The third-order valence-electron chi connectivity index (χ3n) is 1.99. The molecule has 0 aromatic heterocycles. The summed E-state index contributed by atoms with van der Waals surface area (Å²) < 4.78 is 0. The minimum atomic E-state index is -0.875. The Morgan fingerprint density at radius 3 is 2.73 bits per heavy atom. The minimum Gasteiger partial charge on any atom is -0.390 e. The Kier molecular flexibility index (Phi) is 2.70. The number of aliphatic hydroxyl groups is 2. The van der Waals surface area contributed by atoms with E-state index in [0.717, 1.165) is 6.42 Å². The maximum absolute atomic E-state index is 9.25. The summed E-state index contributed by atoms with van der Waals surface area (Å²) in [6, 6.07) is -0.441. The zero-order chi connectivity index (χ0) is 8.27. The van der Waals surface area contributed by atoms with Gasteiger partial charge in [0.1, 0.15) is 0 Å². The number of hydrogen-bond donors (Lipinski definition) is 2. The van der Waals surface area contributed by atoms with E-state index in [-0.39, 0.29) is 0 Å². The fourth-order valence-electron chi connectivity index (χ4n) is 1.33. The van der Waals surface area contributed by atoms with Crippen LogP contribution in [0.5, 0.6) is 0 Å². The Bertz CT molecular complexity index is 179. The summed E-state index contributed by atoms with van der Waals surface area (Å²) in [5.74, 6) is 0. The fourth-order valence-corrected chi connectivity index (χ4v) is 1.33. The van der Waals surface area contributed by atoms with Crippen molar-refractivity contribution in [1.82, 2.24) is 0 Å². The van der Waals surface area contributed by atoms with Crippen LogP contribution in [-0.4, -0.2) is 28.5 Å². The van der Waals surface area contributed by atoms with Gasteiger partial charge in [-0.15, -0.1) is 0 Å². The summed E-state index contributed by atoms with van der Waals surface area (Å²) in [7, 11) is 0. The van der Waals surface area contributed by atoms with Crippen molar-refractivity contribution in [3.05, 3.63) is 10.4 Å². The Morgan fingerprint density at radius 1 is 1.36 bits per heavy atom. The van der Waals surface area contributed by atoms with Crippen molar-refractivity contribution in [2.75, 3.05) is 0 Å². The molecule has 0 saturated heterocycles. The normalized spacial score (nSPS) is 37.8. The molecule has 5 nitrogen and oxygen atoms in total. The molecule has 0 aliphatic heterocycles. The highest BCUT2D eigenvalue weighted by Crippen LogP contribution is 2.21. The monoisotopic (exact) mass is 157 g/mol. The van der Waals surface area contributed by atoms with Gasteiger partial charge in [0.2, 0.25) is 0 Å². The number of hydrogen-bond acceptors (Lipinski definition) is 3. The molecule has 3 atom stereocenters. The highest BCUT2D eigenvalue weighted by molar-refractivity contribution is 4.86. The van der Waals surface area contributed by atoms with Gasteiger partial charge in [0.15, 0.2) is 0 Å². The van der Waals surface area contributed by atoms with Crippen LogP contribution in [0.1, 0.15) is 19.3 Å². The Morgan fingerprint density at radius 2 is 2.09 bits per heavy atom. The highest BCUT2D eigenvalue weighted by Gasteiger charge is 2.29. The van der Waals surface area contributed by atoms with Crippen molar-refractivity contribution in [2.24, 2.45) is 5.11 Å². The van der Waals surface area contributed by atoms with Crippen LogP contribution in [0, 0.1) is 0 Å². The molecular weight excluding hydrogens is 146 g/mol. The zero-order valence-corrected chi connectivity index (χ0v) is 6.09. The standard InChI is InChI=1S/C6H11N3O2/c7-9-8-4-2-1-3-5(10)6(4)11/h4-6,10-11H,1-3H2/t4-,5+,6-/m0/s1. The maximum Gasteiger partial charge on any atom is 0.0883 e. The lowest BCUT2D eigenvalue weighted by atomic mass is 9.91. The van der Waals surface area contributed by atoms with E-state index in [9.17, 15) is 5.11 Å². The van der Waals surface area contributed by atoms with Crippen LogP contribution in [0.15, 0.2) is 5.11 Å². The first-order chi connectivity index (χ1) is 5.25. The van der Waals surface area contributed by atoms with Crippen molar-refractivity contribution >= 4 is 0 Å². The molecule has 1 aliphatic rings. The molecule has 1 saturated carbocycles. The van der Waals surface area contributed by atoms with E-state index in [1.165, 1.54) is 0 Å². The van der Waals surface area contributed by atoms with E-state index in [1.807, 2.05) is 0 Å². The highest BCUT2D eigenvalue weighted by atomic mass is 16.3. The molecule has 0 unspecified atom stereocenters. The molecule has 0 spiro atoms. The Balaban J connectivity index is 2.57. The smallest absolute Gasteiger partial charge is 0.0883 e. The van der Waals surface area contributed by atoms with Gasteiger partial charge in [-0.2, -0.15) is 0 Å². The van der Waals surface area contributed by atoms with Crippen molar-refractivity contribution < 1.29 is 10.2 Å². The van der Waals surface area contributed by atoms with Crippen molar-refractivity contribution in [1.29, 1.82) is 0 Å². The first kappa shape index (κ1) is 8.33. The topological polar surface area (TPSA) is 89.2 Å². The first-order valence-corrected chi connectivity index (χ1v) is 3.66. The lowest BCUT2D eigenvalue weighted by Gasteiger charge is -2.28. The zero-order valence-electron chi connectivity index (χ0n) is 6.09. The number of aliphatic hydroxyl groups excluding tert-OH is 2. The molecule has 0 radical (unpaired) electrons. The van der Waals surface area contributed by atoms with E-state index in [0.29, 0.717) is 12.8 Å². The number of azide groups is 1. The molecule has 0 aromatic carbocycles. The first-order valence-electron chi connectivity index (χ1n) is 3.66. The van der Waals surface area contributed by atoms with Crippen LogP contribution < -0.4 is 0 Å². The van der Waals surface area contributed by atoms with Crippen LogP contribution in [0.2, 0.25) is 0 Å². The van der Waals surface area contributed by atoms with Crippen LogP contribution in [0.3, 0.4) is 0 Å². The van der Waals surface area contributed by atoms with Crippen LogP contribution >= 0.6 is 0 Å². The van der Waals surface area contributed by atoms with Gasteiger partial charge in [-0.05, 0) is 18.4 Å². The molecule has 0 aromatic rings. The average molecular weight is 157 g/mol. The van der Waals surface area contributed by atoms with Gasteiger partial charge in [0, 0.05) is 4.91 Å². The van der Waals surface area contributed by atoms with Crippen molar-refractivity contribution in [3.63, 3.8) is 0 Å². The third-order valence-corrected chi connectivity index (χ3v) is 1.99. The van der Waals surface area contributed by atoms with Gasteiger partial charge in [-0.1, -0.05) is 11.5 Å². The maximum atomic E-state index is 9.25. The molecule has 1 fully saturated rings. The number of nitrogens with zero attached hydrogens (tertiary/aromatic N) is 3. The second-order valence-corrected chi connectivity index (χ2v) is 2.76. The Hall–Kier alpha value is -0.770. The van der Waals surface area contributed by atoms with Gasteiger partial charge < -0.3 is 10.2 Å².